The van der Waals surface area contributed by atoms with Crippen LogP contribution >= 0.6 is 36.3 Å². The molecular weight excluding hydrogens is 408 g/mol. The normalized spacial score (nSPS) is 10.1. The molecule has 2 aromatic carbocycles. The molecule has 0 saturated heterocycles. The third-order valence-corrected chi connectivity index (χ3v) is 4.03. The van der Waals surface area contributed by atoms with Crippen LogP contribution in [0.4, 0.5) is 5.69 Å². The molecule has 0 saturated carbocycles. The zero-order valence-electron chi connectivity index (χ0n) is 14.0. The van der Waals surface area contributed by atoms with E-state index in [2.05, 4.69) is 24.1 Å². The molecule has 7 nitrogen and oxygen atoms in total. The molecule has 0 radical (unpaired) electrons. The Morgan fingerprint density at radius 2 is 1.68 bits per heavy atom. The van der Waals surface area contributed by atoms with Gasteiger partial charge in [-0.2, -0.15) is 8.67 Å². The molecule has 0 aliphatic carbocycles. The van der Waals surface area contributed by atoms with Crippen molar-refractivity contribution in [2.75, 3.05) is 5.32 Å². The van der Waals surface area contributed by atoms with E-state index in [1.54, 1.807) is 19.1 Å². The van der Waals surface area contributed by atoms with E-state index in [0.717, 1.165) is 46.1 Å². The summed E-state index contributed by atoms with van der Waals surface area (Å²) in [4.78, 5) is 1.76. The van der Waals surface area contributed by atoms with Crippen molar-refractivity contribution in [3.8, 4) is 0 Å². The summed E-state index contributed by atoms with van der Waals surface area (Å²) < 4.78 is 8.77. The molecule has 124 valence electrons. The molecule has 25 heavy (non-hydrogen) atoms. The SMILES string of the molecule is CC(=S)Nc1cc(C)cc2cc(SOO[O-])cc(SOO[O-])c12.[Na+].[Na+]. The fourth-order valence-corrected chi connectivity index (χ4v) is 3.32. The van der Waals surface area contributed by atoms with Crippen LogP contribution < -0.4 is 74.9 Å². The van der Waals surface area contributed by atoms with E-state index in [1.807, 2.05) is 19.1 Å². The Morgan fingerprint density at radius 3 is 2.28 bits per heavy atom. The largest absolute Gasteiger partial charge is 1.00 e. The maximum atomic E-state index is 10.1. The fraction of sp³-hybridized carbons (Fsp3) is 0.154. The van der Waals surface area contributed by atoms with E-state index in [0.29, 0.717) is 14.8 Å². The van der Waals surface area contributed by atoms with Crippen LogP contribution in [0.2, 0.25) is 0 Å². The predicted octanol–water partition coefficient (Wildman–Crippen LogP) is -3.62. The Morgan fingerprint density at radius 1 is 1.04 bits per heavy atom. The first-order valence-corrected chi connectivity index (χ1v) is 8.06. The van der Waals surface area contributed by atoms with E-state index in [4.69, 9.17) is 12.2 Å². The van der Waals surface area contributed by atoms with Gasteiger partial charge in [-0.25, -0.2) is 0 Å². The van der Waals surface area contributed by atoms with Gasteiger partial charge in [-0.15, -0.1) is 0 Å². The van der Waals surface area contributed by atoms with Crippen molar-refractivity contribution in [1.82, 2.24) is 0 Å². The van der Waals surface area contributed by atoms with Gasteiger partial charge < -0.3 is 15.8 Å². The van der Waals surface area contributed by atoms with Gasteiger partial charge in [0.2, 0.25) is 0 Å². The number of hydrogen-bond acceptors (Lipinski definition) is 9. The van der Waals surface area contributed by atoms with Gasteiger partial charge in [-0.05, 0) is 43.0 Å². The summed E-state index contributed by atoms with van der Waals surface area (Å²) in [5.74, 6) is 0. The van der Waals surface area contributed by atoms with Gasteiger partial charge in [-0.1, -0.05) is 18.3 Å². The fourth-order valence-electron chi connectivity index (χ4n) is 2.11. The number of thiocarbonyl (C=S) groups is 1. The Kier molecular flexibility index (Phi) is 13.8. The molecule has 0 heterocycles. The zero-order valence-corrected chi connectivity index (χ0v) is 20.4. The zero-order chi connectivity index (χ0) is 16.8. The van der Waals surface area contributed by atoms with Crippen molar-refractivity contribution in [2.24, 2.45) is 0 Å². The molecule has 0 aliphatic rings. The Bertz CT molecular complexity index is 722. The van der Waals surface area contributed by atoms with Gasteiger partial charge in [0.25, 0.3) is 0 Å². The van der Waals surface area contributed by atoms with Gasteiger partial charge in [0.1, 0.15) is 0 Å². The first kappa shape index (κ1) is 26.1. The van der Waals surface area contributed by atoms with Crippen molar-refractivity contribution >= 4 is 57.8 Å². The Balaban J connectivity index is 0.00000288. The standard InChI is InChI=1S/C13H13NO6S3.2Na/c1-7-3-9-5-10(22-19-17-15)6-12(23-20-18-16)13(9)11(4-7)14-8(2)21;;/h3-6,15-16H,1-2H3,(H,14,21);;/q;2*+1/p-2. The van der Waals surface area contributed by atoms with Crippen LogP contribution in [0.1, 0.15) is 12.5 Å². The summed E-state index contributed by atoms with van der Waals surface area (Å²) in [5, 5.41) is 31.6. The maximum absolute atomic E-state index is 10.1. The number of anilines is 1. The van der Waals surface area contributed by atoms with Crippen molar-refractivity contribution in [1.29, 1.82) is 0 Å². The van der Waals surface area contributed by atoms with E-state index in [9.17, 15) is 10.5 Å². The van der Waals surface area contributed by atoms with Gasteiger partial charge in [-0.3, -0.25) is 10.1 Å². The van der Waals surface area contributed by atoms with Crippen molar-refractivity contribution in [3.05, 3.63) is 29.8 Å². The molecular formula is C13H11NNa2O6S3. The molecule has 0 amide bonds. The van der Waals surface area contributed by atoms with Gasteiger partial charge in [0.05, 0.1) is 29.1 Å². The first-order valence-electron chi connectivity index (χ1n) is 6.17. The molecule has 0 aromatic heterocycles. The summed E-state index contributed by atoms with van der Waals surface area (Å²) in [6, 6.07) is 7.32. The quantitative estimate of drug-likeness (QED) is 0.159. The third-order valence-electron chi connectivity index (χ3n) is 2.75. The molecule has 0 unspecified atom stereocenters. The summed E-state index contributed by atoms with van der Waals surface area (Å²) in [6.07, 6.45) is 0. The van der Waals surface area contributed by atoms with Crippen LogP contribution in [-0.2, 0) is 18.7 Å². The second-order valence-corrected chi connectivity index (χ2v) is 6.58. The van der Waals surface area contributed by atoms with Crippen molar-refractivity contribution < 1.29 is 88.4 Å². The minimum absolute atomic E-state index is 0. The monoisotopic (exact) mass is 419 g/mol. The molecule has 0 spiro atoms. The van der Waals surface area contributed by atoms with Crippen LogP contribution in [0.3, 0.4) is 0 Å². The molecule has 12 heteroatoms. The van der Waals surface area contributed by atoms with Crippen LogP contribution in [0, 0.1) is 6.92 Å². The summed E-state index contributed by atoms with van der Waals surface area (Å²) in [6.45, 7) is 3.70. The molecule has 2 aromatic rings. The van der Waals surface area contributed by atoms with Crippen LogP contribution in [0.5, 0.6) is 0 Å². The number of hydrogen-bond donors (Lipinski definition) is 1. The minimum Gasteiger partial charge on any atom is -0.691 e. The molecule has 0 fully saturated rings. The van der Waals surface area contributed by atoms with Crippen LogP contribution in [0.25, 0.3) is 10.8 Å². The van der Waals surface area contributed by atoms with Crippen LogP contribution in [-0.4, -0.2) is 4.99 Å². The number of nitrogens with one attached hydrogen (secondary N) is 1. The predicted molar refractivity (Wildman–Crippen MR) is 86.6 cm³/mol. The summed E-state index contributed by atoms with van der Waals surface area (Å²) in [7, 11) is 0. The smallest absolute Gasteiger partial charge is 0.691 e. The molecule has 0 aliphatic heterocycles. The van der Waals surface area contributed by atoms with Gasteiger partial charge in [0.15, 0.2) is 0 Å². The Hall–Kier alpha value is 1.05. The molecule has 0 atom stereocenters. The van der Waals surface area contributed by atoms with Crippen molar-refractivity contribution in [3.63, 3.8) is 0 Å². The Labute approximate surface area is 202 Å². The van der Waals surface area contributed by atoms with Gasteiger partial charge >= 0.3 is 59.1 Å². The molecule has 2 rings (SSSR count). The number of rotatable bonds is 7. The van der Waals surface area contributed by atoms with Crippen LogP contribution in [0.15, 0.2) is 34.1 Å². The number of fused-ring (bicyclic) bond motifs is 1. The topological polar surface area (TPSA) is 95.1 Å². The van der Waals surface area contributed by atoms with E-state index >= 15 is 0 Å². The van der Waals surface area contributed by atoms with E-state index in [-0.39, 0.29) is 59.1 Å². The van der Waals surface area contributed by atoms with Gasteiger partial charge in [0, 0.05) is 20.9 Å². The second-order valence-electron chi connectivity index (χ2n) is 4.45. The molecule has 0 bridgehead atoms. The second kappa shape index (κ2) is 13.3. The van der Waals surface area contributed by atoms with Crippen molar-refractivity contribution in [2.45, 2.75) is 23.6 Å². The average Bonchev–Trinajstić information content (AvgIpc) is 2.49. The van der Waals surface area contributed by atoms with E-state index < -0.39 is 0 Å². The molecule has 1 N–H and O–H groups in total. The minimum atomic E-state index is 0. The third kappa shape index (κ3) is 7.90. The number of aryl methyl sites for hydroxylation is 1. The summed E-state index contributed by atoms with van der Waals surface area (Å²) >= 11 is 6.58. The number of benzene rings is 2. The summed E-state index contributed by atoms with van der Waals surface area (Å²) in [5.41, 5.74) is 1.76. The average molecular weight is 419 g/mol. The van der Waals surface area contributed by atoms with E-state index in [1.165, 1.54) is 0 Å². The maximum Gasteiger partial charge on any atom is 1.00 e. The first-order chi connectivity index (χ1) is 11.0.